The maximum Gasteiger partial charge on any atom is 0.222 e. The smallest absolute Gasteiger partial charge is 0.222 e. The lowest BCUT2D eigenvalue weighted by Gasteiger charge is -2.23. The molecule has 0 saturated carbocycles. The van der Waals surface area contributed by atoms with Gasteiger partial charge in [0.15, 0.2) is 0 Å². The molecule has 0 fully saturated rings. The first-order chi connectivity index (χ1) is 14.3. The lowest BCUT2D eigenvalue weighted by Crippen LogP contribution is -2.40. The SMILES string of the molecule is CCC(=O)NC(CC)CC(=O)NC(C)CCCCNC(=O)CC(CC)C(CC)NO. The lowest BCUT2D eigenvalue weighted by molar-refractivity contribution is -0.124. The molecule has 4 unspecified atom stereocenters. The van der Waals surface area contributed by atoms with E-state index in [0.29, 0.717) is 25.8 Å². The fraction of sp³-hybridized carbons (Fsp3) is 0.864. The Bertz CT molecular complexity index is 498. The van der Waals surface area contributed by atoms with Crippen molar-refractivity contribution < 1.29 is 19.6 Å². The highest BCUT2D eigenvalue weighted by Gasteiger charge is 2.20. The first kappa shape index (κ1) is 28.3. The molecule has 30 heavy (non-hydrogen) atoms. The molecule has 4 atom stereocenters. The molecular formula is C22H44N4O4. The monoisotopic (exact) mass is 428 g/mol. The number of hydrogen-bond acceptors (Lipinski definition) is 5. The molecule has 0 heterocycles. The van der Waals surface area contributed by atoms with Crippen molar-refractivity contribution in [3.05, 3.63) is 0 Å². The van der Waals surface area contributed by atoms with Crippen molar-refractivity contribution >= 4 is 17.7 Å². The van der Waals surface area contributed by atoms with Gasteiger partial charge in [-0.15, -0.1) is 0 Å². The Labute approximate surface area is 182 Å². The Kier molecular flexibility index (Phi) is 16.1. The summed E-state index contributed by atoms with van der Waals surface area (Å²) in [5.74, 6) is 0.0430. The van der Waals surface area contributed by atoms with Gasteiger partial charge in [0.1, 0.15) is 0 Å². The molecule has 8 nitrogen and oxygen atoms in total. The summed E-state index contributed by atoms with van der Waals surface area (Å²) in [5, 5.41) is 18.0. The molecule has 5 N–H and O–H groups in total. The van der Waals surface area contributed by atoms with Gasteiger partial charge in [0.2, 0.25) is 17.7 Å². The fourth-order valence-corrected chi connectivity index (χ4v) is 3.47. The standard InChI is InChI=1S/C22H44N4O4/c1-6-17(19(8-3)26-30)14-21(28)23-13-11-10-12-16(5)24-22(29)15-18(7-2)25-20(27)9-4/h16-19,26,30H,6-15H2,1-5H3,(H,23,28)(H,24,29)(H,25,27). The van der Waals surface area contributed by atoms with Gasteiger partial charge in [0.25, 0.3) is 0 Å². The van der Waals surface area contributed by atoms with Gasteiger partial charge in [-0.25, -0.2) is 5.48 Å². The molecule has 0 bridgehead atoms. The van der Waals surface area contributed by atoms with Crippen LogP contribution in [-0.4, -0.2) is 47.6 Å². The zero-order valence-electron chi connectivity index (χ0n) is 19.6. The van der Waals surface area contributed by atoms with Crippen molar-refractivity contribution in [3.63, 3.8) is 0 Å². The molecular weight excluding hydrogens is 384 g/mol. The van der Waals surface area contributed by atoms with Crippen LogP contribution < -0.4 is 21.4 Å². The summed E-state index contributed by atoms with van der Waals surface area (Å²) in [6.45, 7) is 10.3. The predicted octanol–water partition coefficient (Wildman–Crippen LogP) is 2.65. The van der Waals surface area contributed by atoms with Crippen LogP contribution in [0.2, 0.25) is 0 Å². The summed E-state index contributed by atoms with van der Waals surface area (Å²) in [4.78, 5) is 35.8. The number of carbonyl (C=O) groups excluding carboxylic acids is 3. The largest absolute Gasteiger partial charge is 0.356 e. The van der Waals surface area contributed by atoms with E-state index in [1.54, 1.807) is 6.92 Å². The van der Waals surface area contributed by atoms with E-state index in [-0.39, 0.29) is 41.8 Å². The van der Waals surface area contributed by atoms with Gasteiger partial charge in [-0.1, -0.05) is 34.1 Å². The van der Waals surface area contributed by atoms with Crippen LogP contribution in [-0.2, 0) is 14.4 Å². The van der Waals surface area contributed by atoms with Gasteiger partial charge in [-0.2, -0.15) is 0 Å². The minimum Gasteiger partial charge on any atom is -0.356 e. The van der Waals surface area contributed by atoms with Gasteiger partial charge in [0.05, 0.1) is 0 Å². The molecule has 0 aliphatic rings. The molecule has 0 spiro atoms. The van der Waals surface area contributed by atoms with Crippen LogP contribution in [0.1, 0.15) is 92.4 Å². The van der Waals surface area contributed by atoms with Gasteiger partial charge in [-0.05, 0) is 44.9 Å². The zero-order chi connectivity index (χ0) is 22.9. The Morgan fingerprint density at radius 2 is 1.53 bits per heavy atom. The molecule has 176 valence electrons. The quantitative estimate of drug-likeness (QED) is 0.180. The van der Waals surface area contributed by atoms with E-state index in [1.807, 2.05) is 27.7 Å². The maximum atomic E-state index is 12.2. The normalized spacial score (nSPS) is 15.0. The van der Waals surface area contributed by atoms with Gasteiger partial charge in [-0.3, -0.25) is 14.4 Å². The topological polar surface area (TPSA) is 120 Å². The van der Waals surface area contributed by atoms with E-state index in [2.05, 4.69) is 21.4 Å². The minimum atomic E-state index is -0.125. The summed E-state index contributed by atoms with van der Waals surface area (Å²) in [6, 6.07) is -0.133. The number of rotatable bonds is 17. The number of unbranched alkanes of at least 4 members (excludes halogenated alkanes) is 1. The van der Waals surface area contributed by atoms with Crippen molar-refractivity contribution in [3.8, 4) is 0 Å². The highest BCUT2D eigenvalue weighted by Crippen LogP contribution is 2.16. The van der Waals surface area contributed by atoms with Crippen LogP contribution in [0.4, 0.5) is 0 Å². The highest BCUT2D eigenvalue weighted by atomic mass is 16.5. The summed E-state index contributed by atoms with van der Waals surface area (Å²) in [5.41, 5.74) is 2.30. The Morgan fingerprint density at radius 1 is 0.833 bits per heavy atom. The molecule has 0 aromatic rings. The van der Waals surface area contributed by atoms with Crippen molar-refractivity contribution in [2.75, 3.05) is 6.54 Å². The third-order valence-electron chi connectivity index (χ3n) is 5.55. The highest BCUT2D eigenvalue weighted by molar-refractivity contribution is 5.79. The average Bonchev–Trinajstić information content (AvgIpc) is 2.72. The van der Waals surface area contributed by atoms with Crippen LogP contribution in [0.25, 0.3) is 0 Å². The summed E-state index contributed by atoms with van der Waals surface area (Å²) in [6.07, 6.45) is 6.03. The molecule has 0 aromatic carbocycles. The molecule has 0 rings (SSSR count). The molecule has 0 aromatic heterocycles. The number of carbonyl (C=O) groups is 3. The molecule has 0 radical (unpaired) electrons. The summed E-state index contributed by atoms with van der Waals surface area (Å²) < 4.78 is 0. The predicted molar refractivity (Wildman–Crippen MR) is 119 cm³/mol. The second-order valence-electron chi connectivity index (χ2n) is 8.06. The molecule has 8 heteroatoms. The lowest BCUT2D eigenvalue weighted by atomic mass is 9.92. The van der Waals surface area contributed by atoms with Crippen LogP contribution in [0.5, 0.6) is 0 Å². The molecule has 0 saturated heterocycles. The zero-order valence-corrected chi connectivity index (χ0v) is 19.6. The van der Waals surface area contributed by atoms with Gasteiger partial charge >= 0.3 is 0 Å². The third-order valence-corrected chi connectivity index (χ3v) is 5.55. The van der Waals surface area contributed by atoms with E-state index in [0.717, 1.165) is 38.5 Å². The first-order valence-corrected chi connectivity index (χ1v) is 11.6. The summed E-state index contributed by atoms with van der Waals surface area (Å²) in [7, 11) is 0. The molecule has 0 aliphatic heterocycles. The number of hydrogen-bond donors (Lipinski definition) is 5. The van der Waals surface area contributed by atoms with Crippen molar-refractivity contribution in [2.24, 2.45) is 5.92 Å². The number of nitrogens with one attached hydrogen (secondary N) is 4. The van der Waals surface area contributed by atoms with Crippen LogP contribution >= 0.6 is 0 Å². The number of amides is 3. The fourth-order valence-electron chi connectivity index (χ4n) is 3.47. The van der Waals surface area contributed by atoms with E-state index in [4.69, 9.17) is 0 Å². The van der Waals surface area contributed by atoms with Gasteiger partial charge < -0.3 is 21.2 Å². The minimum absolute atomic E-state index is 0.0108. The molecule has 0 aliphatic carbocycles. The Morgan fingerprint density at radius 3 is 2.07 bits per heavy atom. The number of hydroxylamine groups is 1. The van der Waals surface area contributed by atoms with Crippen LogP contribution in [0.3, 0.4) is 0 Å². The van der Waals surface area contributed by atoms with Crippen LogP contribution in [0.15, 0.2) is 0 Å². The van der Waals surface area contributed by atoms with E-state index in [1.165, 1.54) is 0 Å². The van der Waals surface area contributed by atoms with E-state index >= 15 is 0 Å². The second kappa shape index (κ2) is 17.1. The summed E-state index contributed by atoms with van der Waals surface area (Å²) >= 11 is 0. The van der Waals surface area contributed by atoms with E-state index in [9.17, 15) is 19.6 Å². The van der Waals surface area contributed by atoms with Gasteiger partial charge in [0, 0.05) is 43.9 Å². The van der Waals surface area contributed by atoms with E-state index < -0.39 is 0 Å². The van der Waals surface area contributed by atoms with Crippen molar-refractivity contribution in [2.45, 2.75) is 111 Å². The molecule has 3 amide bonds. The Balaban J connectivity index is 4.03. The maximum absolute atomic E-state index is 12.2. The van der Waals surface area contributed by atoms with Crippen molar-refractivity contribution in [1.82, 2.24) is 21.4 Å². The average molecular weight is 429 g/mol. The second-order valence-corrected chi connectivity index (χ2v) is 8.06. The third kappa shape index (κ3) is 12.8. The Hall–Kier alpha value is -1.67. The van der Waals surface area contributed by atoms with Crippen LogP contribution in [0, 0.1) is 5.92 Å². The van der Waals surface area contributed by atoms with Crippen molar-refractivity contribution in [1.29, 1.82) is 0 Å². The first-order valence-electron chi connectivity index (χ1n) is 11.6.